The number of piperazine rings is 1. The second-order valence-electron chi connectivity index (χ2n) is 5.11. The summed E-state index contributed by atoms with van der Waals surface area (Å²) in [6.45, 7) is 4.95. The van der Waals surface area contributed by atoms with Crippen molar-refractivity contribution in [3.05, 3.63) is 10.6 Å². The van der Waals surface area contributed by atoms with Gasteiger partial charge in [0.2, 0.25) is 0 Å². The Balaban J connectivity index is 1.95. The van der Waals surface area contributed by atoms with Crippen LogP contribution in [0.4, 0.5) is 18.3 Å². The number of thiazole rings is 1. The first-order valence-corrected chi connectivity index (χ1v) is 7.35. The van der Waals surface area contributed by atoms with Crippen LogP contribution in [-0.4, -0.2) is 48.8 Å². The molecule has 0 radical (unpaired) electrons. The van der Waals surface area contributed by atoms with Crippen LogP contribution < -0.4 is 10.6 Å². The second kappa shape index (κ2) is 5.87. The third-order valence-corrected chi connectivity index (χ3v) is 4.70. The number of nitrogens with two attached hydrogens (primary N) is 1. The Kier molecular flexibility index (Phi) is 4.55. The molecule has 1 fully saturated rings. The second-order valence-corrected chi connectivity index (χ2v) is 6.12. The maximum absolute atomic E-state index is 12.3. The van der Waals surface area contributed by atoms with Gasteiger partial charge in [-0.25, -0.2) is 4.98 Å². The quantitative estimate of drug-likeness (QED) is 0.929. The van der Waals surface area contributed by atoms with E-state index in [0.29, 0.717) is 26.2 Å². The average molecular weight is 308 g/mol. The summed E-state index contributed by atoms with van der Waals surface area (Å²) >= 11 is 1.54. The molecule has 0 amide bonds. The van der Waals surface area contributed by atoms with Gasteiger partial charge in [-0.2, -0.15) is 13.2 Å². The normalized spacial score (nSPS) is 19.4. The Morgan fingerprint density at radius 3 is 2.35 bits per heavy atom. The van der Waals surface area contributed by atoms with Crippen molar-refractivity contribution < 1.29 is 13.2 Å². The van der Waals surface area contributed by atoms with Gasteiger partial charge in [0.15, 0.2) is 5.13 Å². The number of hydrogen-bond donors (Lipinski definition) is 1. The number of aryl methyl sites for hydroxylation is 1. The molecule has 0 bridgehead atoms. The van der Waals surface area contributed by atoms with Crippen molar-refractivity contribution in [3.63, 3.8) is 0 Å². The van der Waals surface area contributed by atoms with E-state index in [4.69, 9.17) is 5.73 Å². The molecule has 1 atom stereocenters. The number of nitrogens with zero attached hydrogens (tertiary/aromatic N) is 3. The van der Waals surface area contributed by atoms with Crippen molar-refractivity contribution in [2.24, 2.45) is 5.73 Å². The topological polar surface area (TPSA) is 45.4 Å². The van der Waals surface area contributed by atoms with Crippen molar-refractivity contribution in [1.82, 2.24) is 9.88 Å². The van der Waals surface area contributed by atoms with Crippen molar-refractivity contribution in [1.29, 1.82) is 0 Å². The van der Waals surface area contributed by atoms with Gasteiger partial charge in [0.25, 0.3) is 0 Å². The van der Waals surface area contributed by atoms with E-state index in [9.17, 15) is 13.2 Å². The molecule has 1 aliphatic heterocycles. The third-order valence-electron chi connectivity index (χ3n) is 3.28. The SMILES string of the molecule is Cc1nc(N2CCN(CC(F)(F)F)CC2)sc1C(C)N. The highest BCUT2D eigenvalue weighted by molar-refractivity contribution is 7.15. The molecule has 2 rings (SSSR count). The fraction of sp³-hybridized carbons (Fsp3) is 0.750. The van der Waals surface area contributed by atoms with E-state index in [2.05, 4.69) is 4.98 Å². The van der Waals surface area contributed by atoms with Crippen LogP contribution in [0.2, 0.25) is 0 Å². The molecular formula is C12H19F3N4S. The lowest BCUT2D eigenvalue weighted by atomic mass is 10.2. The largest absolute Gasteiger partial charge is 0.401 e. The molecule has 0 aliphatic carbocycles. The Morgan fingerprint density at radius 1 is 1.30 bits per heavy atom. The van der Waals surface area contributed by atoms with Gasteiger partial charge in [0.1, 0.15) is 0 Å². The molecule has 2 N–H and O–H groups in total. The molecule has 8 heteroatoms. The van der Waals surface area contributed by atoms with Crippen molar-refractivity contribution in [2.45, 2.75) is 26.1 Å². The van der Waals surface area contributed by atoms with Crippen LogP contribution in [0.5, 0.6) is 0 Å². The van der Waals surface area contributed by atoms with Crippen molar-refractivity contribution in [2.75, 3.05) is 37.6 Å². The summed E-state index contributed by atoms with van der Waals surface area (Å²) in [5.41, 5.74) is 6.78. The van der Waals surface area contributed by atoms with E-state index in [1.807, 2.05) is 18.7 Å². The van der Waals surface area contributed by atoms with E-state index in [1.165, 1.54) is 16.2 Å². The minimum Gasteiger partial charge on any atom is -0.346 e. The zero-order chi connectivity index (χ0) is 14.9. The summed E-state index contributed by atoms with van der Waals surface area (Å²) in [4.78, 5) is 8.99. The van der Waals surface area contributed by atoms with Crippen LogP contribution >= 0.6 is 11.3 Å². The van der Waals surface area contributed by atoms with Crippen LogP contribution in [0.3, 0.4) is 0 Å². The van der Waals surface area contributed by atoms with Gasteiger partial charge >= 0.3 is 6.18 Å². The van der Waals surface area contributed by atoms with E-state index < -0.39 is 12.7 Å². The summed E-state index contributed by atoms with van der Waals surface area (Å²) in [6.07, 6.45) is -4.12. The highest BCUT2D eigenvalue weighted by Gasteiger charge is 2.32. The number of rotatable bonds is 3. The van der Waals surface area contributed by atoms with Gasteiger partial charge in [-0.3, -0.25) is 4.90 Å². The highest BCUT2D eigenvalue weighted by Crippen LogP contribution is 2.30. The molecule has 1 unspecified atom stereocenters. The number of halogens is 3. The molecule has 2 heterocycles. The molecule has 0 saturated carbocycles. The highest BCUT2D eigenvalue weighted by atomic mass is 32.1. The summed E-state index contributed by atoms with van der Waals surface area (Å²) < 4.78 is 37.0. The minimum atomic E-state index is -4.12. The summed E-state index contributed by atoms with van der Waals surface area (Å²) in [6, 6.07) is -0.0623. The van der Waals surface area contributed by atoms with E-state index in [1.54, 1.807) is 0 Å². The maximum atomic E-state index is 12.3. The van der Waals surface area contributed by atoms with Crippen LogP contribution in [0.15, 0.2) is 0 Å². The first-order valence-electron chi connectivity index (χ1n) is 6.53. The van der Waals surface area contributed by atoms with Gasteiger partial charge < -0.3 is 10.6 Å². The molecule has 4 nitrogen and oxygen atoms in total. The summed E-state index contributed by atoms with van der Waals surface area (Å²) in [5, 5.41) is 0.862. The molecule has 1 aliphatic rings. The van der Waals surface area contributed by atoms with Gasteiger partial charge in [-0.1, -0.05) is 0 Å². The standard InChI is InChI=1S/C12H19F3N4S/c1-8(16)10-9(2)17-11(20-10)19-5-3-18(4-6-19)7-12(13,14)15/h8H,3-7,16H2,1-2H3. The zero-order valence-corrected chi connectivity index (χ0v) is 12.4. The Hall–Kier alpha value is -0.860. The predicted molar refractivity (Wildman–Crippen MR) is 74.2 cm³/mol. The van der Waals surface area contributed by atoms with Gasteiger partial charge in [0.05, 0.1) is 12.2 Å². The van der Waals surface area contributed by atoms with Gasteiger partial charge in [-0.05, 0) is 13.8 Å². The Morgan fingerprint density at radius 2 is 1.90 bits per heavy atom. The van der Waals surface area contributed by atoms with Crippen LogP contribution in [0.1, 0.15) is 23.5 Å². The third kappa shape index (κ3) is 3.83. The molecular weight excluding hydrogens is 289 g/mol. The lowest BCUT2D eigenvalue weighted by Gasteiger charge is -2.34. The van der Waals surface area contributed by atoms with Crippen LogP contribution in [-0.2, 0) is 0 Å². The fourth-order valence-corrected chi connectivity index (χ4v) is 3.37. The van der Waals surface area contributed by atoms with Crippen LogP contribution in [0, 0.1) is 6.92 Å². The monoisotopic (exact) mass is 308 g/mol. The Bertz CT molecular complexity index is 450. The molecule has 20 heavy (non-hydrogen) atoms. The van der Waals surface area contributed by atoms with E-state index in [0.717, 1.165) is 15.7 Å². The maximum Gasteiger partial charge on any atom is 0.401 e. The Labute approximate surface area is 120 Å². The lowest BCUT2D eigenvalue weighted by molar-refractivity contribution is -0.146. The summed E-state index contributed by atoms with van der Waals surface area (Å²) in [7, 11) is 0. The fourth-order valence-electron chi connectivity index (χ4n) is 2.30. The number of hydrogen-bond acceptors (Lipinski definition) is 5. The molecule has 114 valence electrons. The zero-order valence-electron chi connectivity index (χ0n) is 11.6. The minimum absolute atomic E-state index is 0.0623. The predicted octanol–water partition coefficient (Wildman–Crippen LogP) is 2.16. The average Bonchev–Trinajstić information content (AvgIpc) is 2.70. The molecule has 1 aromatic rings. The lowest BCUT2D eigenvalue weighted by Crippen LogP contribution is -2.49. The van der Waals surface area contributed by atoms with Gasteiger partial charge in [-0.15, -0.1) is 11.3 Å². The van der Waals surface area contributed by atoms with Crippen LogP contribution in [0.25, 0.3) is 0 Å². The number of aromatic nitrogens is 1. The smallest absolute Gasteiger partial charge is 0.346 e. The first-order chi connectivity index (χ1) is 9.26. The molecule has 1 saturated heterocycles. The number of anilines is 1. The van der Waals surface area contributed by atoms with Crippen molar-refractivity contribution >= 4 is 16.5 Å². The van der Waals surface area contributed by atoms with E-state index >= 15 is 0 Å². The van der Waals surface area contributed by atoms with E-state index in [-0.39, 0.29) is 6.04 Å². The molecule has 1 aromatic heterocycles. The van der Waals surface area contributed by atoms with Crippen molar-refractivity contribution in [3.8, 4) is 0 Å². The molecule has 0 aromatic carbocycles. The first kappa shape index (κ1) is 15.5. The summed E-state index contributed by atoms with van der Waals surface area (Å²) in [5.74, 6) is 0. The molecule has 0 spiro atoms. The van der Waals surface area contributed by atoms with Gasteiger partial charge in [0, 0.05) is 37.1 Å². The number of alkyl halides is 3.